The fourth-order valence-corrected chi connectivity index (χ4v) is 7.44. The SMILES string of the molecule is COc1ncc(-c2nc(N3CCOCC3)nc3c(CN4CCC(CCCCC(=O)NOC5CCCCO5)CC4)cc(F)cc23)cc1NS(C)(=O)=O. The number of benzene rings is 1. The van der Waals surface area contributed by atoms with E-state index in [1.54, 1.807) is 18.3 Å². The van der Waals surface area contributed by atoms with Crippen molar-refractivity contribution in [2.75, 3.05) is 69.0 Å². The number of carbonyl (C=O) groups excluding carboxylic acids is 1. The summed E-state index contributed by atoms with van der Waals surface area (Å²) < 4.78 is 58.5. The molecule has 2 aromatic heterocycles. The van der Waals surface area contributed by atoms with Gasteiger partial charge in [0.05, 0.1) is 37.8 Å². The van der Waals surface area contributed by atoms with Crippen LogP contribution in [0.3, 0.4) is 0 Å². The lowest BCUT2D eigenvalue weighted by Crippen LogP contribution is -2.37. The number of amides is 1. The van der Waals surface area contributed by atoms with E-state index in [1.165, 1.54) is 13.2 Å². The van der Waals surface area contributed by atoms with E-state index >= 15 is 4.39 Å². The number of piperidine rings is 1. The van der Waals surface area contributed by atoms with Gasteiger partial charge in [-0.3, -0.25) is 14.4 Å². The summed E-state index contributed by atoms with van der Waals surface area (Å²) in [5.41, 5.74) is 5.01. The van der Waals surface area contributed by atoms with Gasteiger partial charge in [0.25, 0.3) is 0 Å². The summed E-state index contributed by atoms with van der Waals surface area (Å²) in [6, 6.07) is 4.57. The van der Waals surface area contributed by atoms with E-state index in [2.05, 4.69) is 20.1 Å². The molecular formula is C35H48FN7O7S. The number of pyridine rings is 1. The molecule has 1 unspecified atom stereocenters. The Morgan fingerprint density at radius 1 is 1.04 bits per heavy atom. The van der Waals surface area contributed by atoms with Crippen LogP contribution in [0.2, 0.25) is 0 Å². The van der Waals surface area contributed by atoms with Crippen LogP contribution in [0.5, 0.6) is 5.88 Å². The minimum Gasteiger partial charge on any atom is -0.480 e. The van der Waals surface area contributed by atoms with E-state index in [9.17, 15) is 13.2 Å². The number of aromatic nitrogens is 3. The Labute approximate surface area is 298 Å². The van der Waals surface area contributed by atoms with Gasteiger partial charge in [-0.15, -0.1) is 0 Å². The summed E-state index contributed by atoms with van der Waals surface area (Å²) in [6.07, 6.45) is 10.4. The average Bonchev–Trinajstić information content (AvgIpc) is 3.13. The van der Waals surface area contributed by atoms with Crippen molar-refractivity contribution < 1.29 is 36.7 Å². The number of halogens is 1. The number of fused-ring (bicyclic) bond motifs is 1. The van der Waals surface area contributed by atoms with Gasteiger partial charge < -0.3 is 19.1 Å². The number of ether oxygens (including phenoxy) is 3. The Morgan fingerprint density at radius 3 is 2.57 bits per heavy atom. The highest BCUT2D eigenvalue weighted by Gasteiger charge is 2.24. The van der Waals surface area contributed by atoms with Gasteiger partial charge in [-0.1, -0.05) is 12.8 Å². The largest absolute Gasteiger partial charge is 0.480 e. The van der Waals surface area contributed by atoms with Crippen LogP contribution in [-0.2, 0) is 35.7 Å². The van der Waals surface area contributed by atoms with Gasteiger partial charge >= 0.3 is 0 Å². The van der Waals surface area contributed by atoms with Gasteiger partial charge in [-0.25, -0.2) is 38.1 Å². The van der Waals surface area contributed by atoms with Crippen LogP contribution in [0.1, 0.15) is 63.4 Å². The van der Waals surface area contributed by atoms with E-state index in [0.29, 0.717) is 79.9 Å². The van der Waals surface area contributed by atoms with Crippen LogP contribution in [0.25, 0.3) is 22.2 Å². The molecule has 6 rings (SSSR count). The first-order valence-corrected chi connectivity index (χ1v) is 19.7. The van der Waals surface area contributed by atoms with E-state index in [0.717, 1.165) is 76.3 Å². The summed E-state index contributed by atoms with van der Waals surface area (Å²) >= 11 is 0. The topological polar surface area (TPSA) is 157 Å². The molecular weight excluding hydrogens is 681 g/mol. The maximum atomic E-state index is 15.4. The molecule has 278 valence electrons. The molecule has 16 heteroatoms. The third-order valence-corrected chi connectivity index (χ3v) is 10.1. The van der Waals surface area contributed by atoms with Gasteiger partial charge in [0, 0.05) is 56.2 Å². The number of morpholine rings is 1. The number of anilines is 2. The fourth-order valence-electron chi connectivity index (χ4n) is 6.90. The minimum atomic E-state index is -3.64. The summed E-state index contributed by atoms with van der Waals surface area (Å²) in [5.74, 6) is 0.641. The third kappa shape index (κ3) is 10.2. The summed E-state index contributed by atoms with van der Waals surface area (Å²) in [5, 5.41) is 0.509. The van der Waals surface area contributed by atoms with Crippen molar-refractivity contribution in [3.05, 3.63) is 35.8 Å². The number of methoxy groups -OCH3 is 1. The normalized spacial score (nSPS) is 19.3. The Morgan fingerprint density at radius 2 is 1.84 bits per heavy atom. The Kier molecular flexibility index (Phi) is 12.5. The molecule has 0 aliphatic carbocycles. The molecule has 0 bridgehead atoms. The van der Waals surface area contributed by atoms with Crippen LogP contribution >= 0.6 is 0 Å². The van der Waals surface area contributed by atoms with E-state index < -0.39 is 15.8 Å². The van der Waals surface area contributed by atoms with Gasteiger partial charge in [-0.2, -0.15) is 0 Å². The second kappa shape index (κ2) is 17.2. The van der Waals surface area contributed by atoms with Gasteiger partial charge in [0.2, 0.25) is 27.8 Å². The lowest BCUT2D eigenvalue weighted by atomic mass is 9.91. The van der Waals surface area contributed by atoms with Crippen molar-refractivity contribution in [3.8, 4) is 17.1 Å². The molecule has 1 aromatic carbocycles. The van der Waals surface area contributed by atoms with Crippen LogP contribution in [0.15, 0.2) is 24.4 Å². The number of rotatable bonds is 14. The van der Waals surface area contributed by atoms with E-state index in [4.69, 9.17) is 29.0 Å². The molecule has 0 saturated carbocycles. The lowest BCUT2D eigenvalue weighted by Gasteiger charge is -2.32. The number of nitrogens with one attached hydrogen (secondary N) is 2. The Bertz CT molecular complexity index is 1760. The predicted molar refractivity (Wildman–Crippen MR) is 190 cm³/mol. The first-order chi connectivity index (χ1) is 24.6. The molecule has 0 spiro atoms. The molecule has 3 aliphatic heterocycles. The number of unbranched alkanes of at least 4 members (excludes halogenated alkanes) is 1. The standard InChI is InChI=1S/C35H48FN7O7S/c1-47-34-29(41-51(2,45)46)20-25(22-37-34)32-28-21-27(36)19-26(33(28)39-35(38-32)43-14-17-48-18-15-43)23-42-12-10-24(11-13-42)7-3-4-8-30(44)40-50-31-9-5-6-16-49-31/h19-22,24,31,41H,3-18,23H2,1-2H3,(H,40,44). The summed E-state index contributed by atoms with van der Waals surface area (Å²) in [6.45, 7) is 5.20. The maximum absolute atomic E-state index is 15.4. The zero-order valence-electron chi connectivity index (χ0n) is 29.4. The number of hydrogen-bond donors (Lipinski definition) is 2. The first-order valence-electron chi connectivity index (χ1n) is 17.8. The van der Waals surface area contributed by atoms with Crippen molar-refractivity contribution in [2.24, 2.45) is 5.92 Å². The Hall–Kier alpha value is -3.70. The number of hydroxylamine groups is 1. The minimum absolute atomic E-state index is 0.103. The molecule has 2 N–H and O–H groups in total. The zero-order chi connectivity index (χ0) is 35.8. The zero-order valence-corrected chi connectivity index (χ0v) is 30.2. The van der Waals surface area contributed by atoms with Crippen molar-refractivity contribution >= 4 is 38.5 Å². The molecule has 3 aromatic rings. The van der Waals surface area contributed by atoms with Crippen LogP contribution in [0, 0.1) is 11.7 Å². The smallest absolute Gasteiger partial charge is 0.243 e. The van der Waals surface area contributed by atoms with Crippen LogP contribution in [-0.4, -0.2) is 99.8 Å². The van der Waals surface area contributed by atoms with Gasteiger partial charge in [-0.05, 0) is 74.9 Å². The second-order valence-corrected chi connectivity index (χ2v) is 15.2. The van der Waals surface area contributed by atoms with Crippen molar-refractivity contribution in [1.82, 2.24) is 25.3 Å². The predicted octanol–water partition coefficient (Wildman–Crippen LogP) is 4.39. The number of hydrogen-bond acceptors (Lipinski definition) is 12. The number of sulfonamides is 1. The van der Waals surface area contributed by atoms with Crippen molar-refractivity contribution in [3.63, 3.8) is 0 Å². The van der Waals surface area contributed by atoms with Crippen molar-refractivity contribution in [1.29, 1.82) is 0 Å². The maximum Gasteiger partial charge on any atom is 0.243 e. The molecule has 1 amide bonds. The highest BCUT2D eigenvalue weighted by atomic mass is 32.2. The number of carbonyl (C=O) groups is 1. The second-order valence-electron chi connectivity index (χ2n) is 13.5. The first kappa shape index (κ1) is 37.1. The monoisotopic (exact) mass is 729 g/mol. The van der Waals surface area contributed by atoms with Gasteiger partial charge in [0.1, 0.15) is 11.5 Å². The number of nitrogens with zero attached hydrogens (tertiary/aromatic N) is 5. The quantitative estimate of drug-likeness (QED) is 0.178. The van der Waals surface area contributed by atoms with E-state index in [-0.39, 0.29) is 23.8 Å². The van der Waals surface area contributed by atoms with E-state index in [1.807, 2.05) is 4.90 Å². The fraction of sp³-hybridized carbons (Fsp3) is 0.600. The highest BCUT2D eigenvalue weighted by molar-refractivity contribution is 7.92. The average molecular weight is 730 g/mol. The molecule has 1 atom stereocenters. The van der Waals surface area contributed by atoms with Gasteiger partial charge in [0.15, 0.2) is 6.29 Å². The molecule has 51 heavy (non-hydrogen) atoms. The van der Waals surface area contributed by atoms with Crippen LogP contribution in [0.4, 0.5) is 16.0 Å². The summed E-state index contributed by atoms with van der Waals surface area (Å²) in [4.78, 5) is 36.2. The molecule has 0 radical (unpaired) electrons. The molecule has 14 nitrogen and oxygen atoms in total. The van der Waals surface area contributed by atoms with Crippen LogP contribution < -0.4 is 19.8 Å². The Balaban J connectivity index is 1.14. The van der Waals surface area contributed by atoms with Crippen molar-refractivity contribution in [2.45, 2.75) is 70.6 Å². The molecule has 5 heterocycles. The summed E-state index contributed by atoms with van der Waals surface area (Å²) in [7, 11) is -2.24. The number of likely N-dealkylation sites (tertiary alicyclic amines) is 1. The molecule has 3 fully saturated rings. The molecule has 3 saturated heterocycles. The third-order valence-electron chi connectivity index (χ3n) is 9.55. The lowest BCUT2D eigenvalue weighted by molar-refractivity contribution is -0.200. The molecule has 3 aliphatic rings. The highest BCUT2D eigenvalue weighted by Crippen LogP contribution is 2.35.